The predicted molar refractivity (Wildman–Crippen MR) is 146 cm³/mol. The molecule has 2 aromatic carbocycles. The summed E-state index contributed by atoms with van der Waals surface area (Å²) in [5.41, 5.74) is -3.23. The van der Waals surface area contributed by atoms with Crippen LogP contribution in [-0.4, -0.2) is 43.6 Å². The Morgan fingerprint density at radius 2 is 1.60 bits per heavy atom. The largest absolute Gasteiger partial charge is 0.502 e. The molecule has 0 saturated heterocycles. The van der Waals surface area contributed by atoms with Gasteiger partial charge in [0.15, 0.2) is 5.75 Å². The first-order chi connectivity index (χ1) is 19.2. The van der Waals surface area contributed by atoms with Gasteiger partial charge in [-0.25, -0.2) is 14.5 Å². The van der Waals surface area contributed by atoms with Gasteiger partial charge in [-0.2, -0.15) is 13.2 Å². The van der Waals surface area contributed by atoms with Crippen LogP contribution in [0.15, 0.2) is 42.5 Å². The molecule has 226 valence electrons. The van der Waals surface area contributed by atoms with E-state index < -0.39 is 57.7 Å². The standard InChI is InChI=1S/C26H28F3N5O7S/c1-24(2,3)40-22(36)30-19(14-7-10-16(11-8-14)26(27,28)29)33(23(37)41-25(4,5)6)21-32-31-20(42-21)15-9-12-17(34(38)39)18(35)13-15/h7-13,19,35H,1-6H3,(H,30,36)/t19-/m1/s1. The quantitative estimate of drug-likeness (QED) is 0.174. The minimum atomic E-state index is -4.64. The van der Waals surface area contributed by atoms with E-state index in [4.69, 9.17) is 9.47 Å². The number of benzene rings is 2. The number of hydrogen-bond donors (Lipinski definition) is 2. The number of nitrogens with one attached hydrogen (secondary N) is 1. The smallest absolute Gasteiger partial charge is 0.418 e. The number of aromatic hydroxyl groups is 1. The van der Waals surface area contributed by atoms with E-state index in [0.29, 0.717) is 0 Å². The average molecular weight is 612 g/mol. The highest BCUT2D eigenvalue weighted by Crippen LogP contribution is 2.38. The number of carbonyl (C=O) groups is 2. The molecule has 0 spiro atoms. The Kier molecular flexibility index (Phi) is 9.00. The number of alkyl carbamates (subject to hydrolysis) is 1. The third-order valence-corrected chi connectivity index (χ3v) is 6.07. The number of nitro groups is 1. The minimum absolute atomic E-state index is 0.0458. The third kappa shape index (κ3) is 8.28. The number of aromatic nitrogens is 2. The van der Waals surface area contributed by atoms with Crippen molar-refractivity contribution in [3.8, 4) is 16.3 Å². The summed E-state index contributed by atoms with van der Waals surface area (Å²) in [6.07, 6.45) is -8.14. The van der Waals surface area contributed by atoms with E-state index in [1.165, 1.54) is 6.07 Å². The van der Waals surface area contributed by atoms with Crippen molar-refractivity contribution in [1.29, 1.82) is 0 Å². The van der Waals surface area contributed by atoms with E-state index in [9.17, 15) is 38.0 Å². The SMILES string of the molecule is CC(C)(C)OC(=O)N[C@@H](c1ccc(C(F)(F)F)cc1)N(C(=O)OC(C)(C)C)c1nnc(-c2ccc([N+](=O)[O-])c(O)c2)s1. The lowest BCUT2D eigenvalue weighted by Gasteiger charge is -2.33. The summed E-state index contributed by atoms with van der Waals surface area (Å²) >= 11 is 0.792. The van der Waals surface area contributed by atoms with Crippen molar-refractivity contribution in [2.75, 3.05) is 4.90 Å². The van der Waals surface area contributed by atoms with Crippen molar-refractivity contribution in [3.63, 3.8) is 0 Å². The molecular weight excluding hydrogens is 583 g/mol. The summed E-state index contributed by atoms with van der Waals surface area (Å²) in [6.45, 7) is 9.56. The van der Waals surface area contributed by atoms with Gasteiger partial charge in [-0.3, -0.25) is 15.4 Å². The van der Waals surface area contributed by atoms with E-state index in [2.05, 4.69) is 15.5 Å². The fourth-order valence-corrected chi connectivity index (χ4v) is 4.28. The van der Waals surface area contributed by atoms with Crippen molar-refractivity contribution in [1.82, 2.24) is 15.5 Å². The number of hydrogen-bond acceptors (Lipinski definition) is 10. The number of nitro benzene ring substituents is 1. The first-order valence-electron chi connectivity index (χ1n) is 12.3. The Morgan fingerprint density at radius 3 is 2.10 bits per heavy atom. The van der Waals surface area contributed by atoms with Crippen LogP contribution >= 0.6 is 11.3 Å². The maximum Gasteiger partial charge on any atom is 0.418 e. The average Bonchev–Trinajstić information content (AvgIpc) is 3.30. The molecule has 1 aromatic heterocycles. The van der Waals surface area contributed by atoms with E-state index in [1.807, 2.05) is 0 Å². The van der Waals surface area contributed by atoms with Gasteiger partial charge in [0.25, 0.3) is 0 Å². The molecule has 0 bridgehead atoms. The van der Waals surface area contributed by atoms with Gasteiger partial charge in [-0.1, -0.05) is 23.5 Å². The van der Waals surface area contributed by atoms with Gasteiger partial charge in [0.2, 0.25) is 5.13 Å². The van der Waals surface area contributed by atoms with Crippen molar-refractivity contribution in [3.05, 3.63) is 63.7 Å². The van der Waals surface area contributed by atoms with Crippen LogP contribution in [0.25, 0.3) is 10.6 Å². The van der Waals surface area contributed by atoms with Gasteiger partial charge in [0.05, 0.1) is 10.5 Å². The molecule has 16 heteroatoms. The van der Waals surface area contributed by atoms with Crippen molar-refractivity contribution in [2.24, 2.45) is 0 Å². The lowest BCUT2D eigenvalue weighted by molar-refractivity contribution is -0.385. The number of carbonyl (C=O) groups excluding carboxylic acids is 2. The molecule has 3 aromatic rings. The highest BCUT2D eigenvalue weighted by molar-refractivity contribution is 7.18. The normalized spacial score (nSPS) is 12.8. The molecule has 12 nitrogen and oxygen atoms in total. The van der Waals surface area contributed by atoms with Gasteiger partial charge in [-0.05, 0) is 71.4 Å². The van der Waals surface area contributed by atoms with Crippen LogP contribution in [0.4, 0.5) is 33.6 Å². The number of phenolic OH excluding ortho intramolecular Hbond substituents is 1. The van der Waals surface area contributed by atoms with Crippen molar-refractivity contribution in [2.45, 2.75) is 65.1 Å². The Morgan fingerprint density at radius 1 is 1.00 bits per heavy atom. The first-order valence-corrected chi connectivity index (χ1v) is 13.1. The van der Waals surface area contributed by atoms with Gasteiger partial charge >= 0.3 is 24.1 Å². The predicted octanol–water partition coefficient (Wildman–Crippen LogP) is 6.80. The van der Waals surface area contributed by atoms with Gasteiger partial charge < -0.3 is 14.6 Å². The number of amides is 2. The van der Waals surface area contributed by atoms with E-state index in [-0.39, 0.29) is 21.3 Å². The van der Waals surface area contributed by atoms with Gasteiger partial charge in [-0.15, -0.1) is 10.2 Å². The van der Waals surface area contributed by atoms with Crippen molar-refractivity contribution < 1.29 is 42.3 Å². The number of nitrogens with zero attached hydrogens (tertiary/aromatic N) is 4. The highest BCUT2D eigenvalue weighted by atomic mass is 32.1. The molecule has 0 aliphatic rings. The molecule has 3 rings (SSSR count). The lowest BCUT2D eigenvalue weighted by atomic mass is 10.1. The molecule has 0 saturated carbocycles. The van der Waals surface area contributed by atoms with Crippen LogP contribution < -0.4 is 10.2 Å². The maximum absolute atomic E-state index is 13.5. The second-order valence-corrected chi connectivity index (χ2v) is 11.8. The fraction of sp³-hybridized carbons (Fsp3) is 0.385. The number of ether oxygens (including phenoxy) is 2. The van der Waals surface area contributed by atoms with Crippen LogP contribution in [-0.2, 0) is 15.7 Å². The number of anilines is 1. The monoisotopic (exact) mass is 611 g/mol. The molecule has 0 radical (unpaired) electrons. The van der Waals surface area contributed by atoms with Crippen LogP contribution in [0.2, 0.25) is 0 Å². The molecule has 0 aliphatic heterocycles. The summed E-state index contributed by atoms with van der Waals surface area (Å²) in [7, 11) is 0. The highest BCUT2D eigenvalue weighted by Gasteiger charge is 2.37. The zero-order valence-corrected chi connectivity index (χ0v) is 24.2. The Balaban J connectivity index is 2.14. The number of halogens is 3. The number of phenols is 1. The third-order valence-electron chi connectivity index (χ3n) is 5.10. The number of rotatable bonds is 6. The number of alkyl halides is 3. The van der Waals surface area contributed by atoms with Crippen LogP contribution in [0.1, 0.15) is 58.8 Å². The molecule has 1 heterocycles. The molecule has 2 N–H and O–H groups in total. The van der Waals surface area contributed by atoms with E-state index in [0.717, 1.165) is 52.6 Å². The zero-order chi connectivity index (χ0) is 31.6. The van der Waals surface area contributed by atoms with Crippen molar-refractivity contribution >= 4 is 34.3 Å². The van der Waals surface area contributed by atoms with Crippen LogP contribution in [0.5, 0.6) is 5.75 Å². The minimum Gasteiger partial charge on any atom is -0.502 e. The Hall–Kier alpha value is -4.47. The summed E-state index contributed by atoms with van der Waals surface area (Å²) in [6, 6.07) is 7.21. The maximum atomic E-state index is 13.5. The van der Waals surface area contributed by atoms with Gasteiger partial charge in [0.1, 0.15) is 22.4 Å². The topological polar surface area (TPSA) is 157 Å². The first kappa shape index (κ1) is 32.0. The summed E-state index contributed by atoms with van der Waals surface area (Å²) in [4.78, 5) is 37.6. The molecule has 0 fully saturated rings. The second-order valence-electron chi connectivity index (χ2n) is 10.9. The molecular formula is C26H28F3N5O7S. The van der Waals surface area contributed by atoms with Crippen LogP contribution in [0.3, 0.4) is 0 Å². The van der Waals surface area contributed by atoms with Crippen LogP contribution in [0, 0.1) is 10.1 Å². The Bertz CT molecular complexity index is 1460. The zero-order valence-electron chi connectivity index (χ0n) is 23.3. The van der Waals surface area contributed by atoms with E-state index >= 15 is 0 Å². The Labute approximate surface area is 242 Å². The molecule has 42 heavy (non-hydrogen) atoms. The summed E-state index contributed by atoms with van der Waals surface area (Å²) in [5.74, 6) is -0.632. The summed E-state index contributed by atoms with van der Waals surface area (Å²) in [5, 5.41) is 31.6. The van der Waals surface area contributed by atoms with Gasteiger partial charge in [0, 0.05) is 11.6 Å². The molecule has 2 amide bonds. The second kappa shape index (κ2) is 11.8. The molecule has 0 aliphatic carbocycles. The summed E-state index contributed by atoms with van der Waals surface area (Å²) < 4.78 is 50.7. The van der Waals surface area contributed by atoms with E-state index in [1.54, 1.807) is 41.5 Å². The molecule has 0 unspecified atom stereocenters. The lowest BCUT2D eigenvalue weighted by Crippen LogP contribution is -2.48. The fourth-order valence-electron chi connectivity index (χ4n) is 3.42. The molecule has 1 atom stereocenters.